The van der Waals surface area contributed by atoms with E-state index in [1.165, 1.54) is 32.1 Å². The monoisotopic (exact) mass is 335 g/mol. The molecule has 0 unspecified atom stereocenters. The van der Waals surface area contributed by atoms with Crippen LogP contribution in [0.25, 0.3) is 0 Å². The van der Waals surface area contributed by atoms with Crippen LogP contribution in [0.3, 0.4) is 0 Å². The minimum atomic E-state index is -0.242. The highest BCUT2D eigenvalue weighted by Gasteiger charge is 2.66. The molecule has 0 heterocycles. The van der Waals surface area contributed by atoms with Gasteiger partial charge in [0.2, 0.25) is 0 Å². The molecule has 0 spiro atoms. The lowest BCUT2D eigenvalue weighted by molar-refractivity contribution is -0.141. The van der Waals surface area contributed by atoms with Crippen LogP contribution < -0.4 is 5.73 Å². The van der Waals surface area contributed by atoms with Crippen LogP contribution in [-0.2, 0) is 0 Å². The zero-order valence-electron chi connectivity index (χ0n) is 15.8. The zero-order chi connectivity index (χ0) is 17.3. The lowest BCUT2D eigenvalue weighted by atomic mass is 9.42. The summed E-state index contributed by atoms with van der Waals surface area (Å²) in [5.74, 6) is 2.37. The van der Waals surface area contributed by atoms with Crippen molar-refractivity contribution in [3.8, 4) is 0 Å². The quantitative estimate of drug-likeness (QED) is 0.687. The number of fused-ring (bicyclic) bond motifs is 5. The molecular formula is C21H37NO2. The molecule has 0 aromatic carbocycles. The largest absolute Gasteiger partial charge is 0.393 e. The Hall–Kier alpha value is -0.120. The van der Waals surface area contributed by atoms with Gasteiger partial charge in [0.15, 0.2) is 0 Å². The summed E-state index contributed by atoms with van der Waals surface area (Å²) >= 11 is 0. The molecule has 0 saturated heterocycles. The van der Waals surface area contributed by atoms with Crippen molar-refractivity contribution >= 4 is 0 Å². The van der Waals surface area contributed by atoms with Gasteiger partial charge < -0.3 is 15.9 Å². The molecule has 0 aliphatic heterocycles. The molecule has 0 aromatic heterocycles. The van der Waals surface area contributed by atoms with E-state index in [9.17, 15) is 10.2 Å². The highest BCUT2D eigenvalue weighted by molar-refractivity contribution is 5.19. The van der Waals surface area contributed by atoms with Gasteiger partial charge in [-0.1, -0.05) is 13.8 Å². The molecule has 4 rings (SSSR count). The summed E-state index contributed by atoms with van der Waals surface area (Å²) < 4.78 is 0. The summed E-state index contributed by atoms with van der Waals surface area (Å²) in [5.41, 5.74) is 7.60. The topological polar surface area (TPSA) is 66.5 Å². The molecule has 9 atom stereocenters. The molecule has 4 aliphatic rings. The fraction of sp³-hybridized carbons (Fsp3) is 1.00. The fourth-order valence-electron chi connectivity index (χ4n) is 8.12. The maximum Gasteiger partial charge on any atom is 0.0546 e. The predicted molar refractivity (Wildman–Crippen MR) is 96.3 cm³/mol. The summed E-state index contributed by atoms with van der Waals surface area (Å²) in [6.07, 6.45) is 9.92. The fourth-order valence-corrected chi connectivity index (χ4v) is 8.12. The molecule has 3 nitrogen and oxygen atoms in total. The SMILES string of the molecule is C[C@H](O)[C@H]1CC[C@@]2(N)[C@@H]3CC[C@@H]4C[C@@H](O)CC[C@]4(C)[C@H]3CC[C@]12C. The van der Waals surface area contributed by atoms with Gasteiger partial charge >= 0.3 is 0 Å². The maximum atomic E-state index is 10.4. The van der Waals surface area contributed by atoms with Crippen LogP contribution >= 0.6 is 0 Å². The van der Waals surface area contributed by atoms with Gasteiger partial charge in [-0.15, -0.1) is 0 Å². The number of aliphatic hydroxyl groups is 2. The van der Waals surface area contributed by atoms with Gasteiger partial charge in [0, 0.05) is 5.54 Å². The Morgan fingerprint density at radius 2 is 1.71 bits per heavy atom. The summed E-state index contributed by atoms with van der Waals surface area (Å²) in [7, 11) is 0. The second-order valence-electron chi connectivity index (χ2n) is 10.3. The number of aliphatic hydroxyl groups excluding tert-OH is 2. The first-order valence-corrected chi connectivity index (χ1v) is 10.4. The third kappa shape index (κ3) is 2.07. The van der Waals surface area contributed by atoms with Crippen molar-refractivity contribution in [1.82, 2.24) is 0 Å². The molecule has 4 saturated carbocycles. The molecule has 0 aromatic rings. The second kappa shape index (κ2) is 5.44. The molecule has 0 radical (unpaired) electrons. The highest BCUT2D eigenvalue weighted by Crippen LogP contribution is 2.68. The Balaban J connectivity index is 1.66. The van der Waals surface area contributed by atoms with E-state index in [1.54, 1.807) is 0 Å². The lowest BCUT2D eigenvalue weighted by Gasteiger charge is -2.64. The van der Waals surface area contributed by atoms with Crippen molar-refractivity contribution < 1.29 is 10.2 Å². The smallest absolute Gasteiger partial charge is 0.0546 e. The van der Waals surface area contributed by atoms with E-state index in [1.807, 2.05) is 6.92 Å². The summed E-state index contributed by atoms with van der Waals surface area (Å²) in [4.78, 5) is 0. The van der Waals surface area contributed by atoms with Gasteiger partial charge in [-0.05, 0) is 99.2 Å². The summed E-state index contributed by atoms with van der Waals surface area (Å²) in [6.45, 7) is 6.86. The van der Waals surface area contributed by atoms with Crippen LogP contribution in [-0.4, -0.2) is 28.0 Å². The molecule has 0 bridgehead atoms. The van der Waals surface area contributed by atoms with Crippen LogP contribution in [0.4, 0.5) is 0 Å². The van der Waals surface area contributed by atoms with Crippen molar-refractivity contribution in [1.29, 1.82) is 0 Å². The number of rotatable bonds is 1. The molecule has 4 N–H and O–H groups in total. The second-order valence-corrected chi connectivity index (χ2v) is 10.3. The van der Waals surface area contributed by atoms with Gasteiger partial charge in [-0.2, -0.15) is 0 Å². The standard InChI is InChI=1S/C21H37NO2/c1-13(23)16-8-11-21(22)18-5-4-14-12-15(24)6-9-19(14,2)17(18)7-10-20(16,21)3/h13-18,23-24H,4-12,22H2,1-3H3/t13-,14+,15-,16+,17-,18+,19-,20+,21+/m0/s1. The van der Waals surface area contributed by atoms with Crippen molar-refractivity contribution in [3.63, 3.8) is 0 Å². The van der Waals surface area contributed by atoms with Crippen molar-refractivity contribution in [2.24, 2.45) is 40.2 Å². The molecule has 138 valence electrons. The van der Waals surface area contributed by atoms with Crippen LogP contribution in [0.15, 0.2) is 0 Å². The Kier molecular flexibility index (Phi) is 3.92. The van der Waals surface area contributed by atoms with Crippen molar-refractivity contribution in [2.75, 3.05) is 0 Å². The van der Waals surface area contributed by atoms with E-state index in [4.69, 9.17) is 5.73 Å². The number of nitrogens with two attached hydrogens (primary N) is 1. The van der Waals surface area contributed by atoms with Crippen molar-refractivity contribution in [3.05, 3.63) is 0 Å². The minimum absolute atomic E-state index is 0.0774. The first-order chi connectivity index (χ1) is 11.2. The predicted octanol–water partition coefficient (Wildman–Crippen LogP) is 3.47. The summed E-state index contributed by atoms with van der Waals surface area (Å²) in [5, 5.41) is 20.5. The Morgan fingerprint density at radius 1 is 0.958 bits per heavy atom. The lowest BCUT2D eigenvalue weighted by Crippen LogP contribution is -2.66. The zero-order valence-corrected chi connectivity index (χ0v) is 15.8. The molecule has 0 amide bonds. The first-order valence-electron chi connectivity index (χ1n) is 10.4. The maximum absolute atomic E-state index is 10.4. The average molecular weight is 336 g/mol. The Morgan fingerprint density at radius 3 is 2.42 bits per heavy atom. The normalized spacial score (nSPS) is 58.5. The van der Waals surface area contributed by atoms with E-state index in [2.05, 4.69) is 13.8 Å². The van der Waals surface area contributed by atoms with Gasteiger partial charge in [-0.3, -0.25) is 0 Å². The Labute approximate surface area is 147 Å². The number of hydrogen-bond acceptors (Lipinski definition) is 3. The number of hydrogen-bond donors (Lipinski definition) is 3. The molecule has 24 heavy (non-hydrogen) atoms. The van der Waals surface area contributed by atoms with Crippen LogP contribution in [0.1, 0.15) is 78.6 Å². The van der Waals surface area contributed by atoms with Crippen molar-refractivity contribution in [2.45, 2.75) is 96.3 Å². The highest BCUT2D eigenvalue weighted by atomic mass is 16.3. The first kappa shape index (κ1) is 17.3. The van der Waals surface area contributed by atoms with E-state index >= 15 is 0 Å². The van der Waals surface area contributed by atoms with Crippen LogP contribution in [0, 0.1) is 34.5 Å². The third-order valence-corrected chi connectivity index (χ3v) is 9.63. The molecular weight excluding hydrogens is 298 g/mol. The molecule has 4 fully saturated rings. The third-order valence-electron chi connectivity index (χ3n) is 9.63. The van der Waals surface area contributed by atoms with Crippen LogP contribution in [0.5, 0.6) is 0 Å². The van der Waals surface area contributed by atoms with E-state index < -0.39 is 0 Å². The minimum Gasteiger partial charge on any atom is -0.393 e. The van der Waals surface area contributed by atoms with Crippen LogP contribution in [0.2, 0.25) is 0 Å². The van der Waals surface area contributed by atoms with Gasteiger partial charge in [0.25, 0.3) is 0 Å². The van der Waals surface area contributed by atoms with E-state index in [0.717, 1.165) is 31.6 Å². The molecule has 3 heteroatoms. The summed E-state index contributed by atoms with van der Waals surface area (Å²) in [6, 6.07) is 0. The van der Waals surface area contributed by atoms with Gasteiger partial charge in [0.05, 0.1) is 12.2 Å². The Bertz CT molecular complexity index is 508. The van der Waals surface area contributed by atoms with E-state index in [-0.39, 0.29) is 23.2 Å². The average Bonchev–Trinajstić information content (AvgIpc) is 2.80. The van der Waals surface area contributed by atoms with Gasteiger partial charge in [0.1, 0.15) is 0 Å². The van der Waals surface area contributed by atoms with Gasteiger partial charge in [-0.25, -0.2) is 0 Å². The molecule has 4 aliphatic carbocycles. The van der Waals surface area contributed by atoms with E-state index in [0.29, 0.717) is 23.2 Å².